The number of hydrogen-bond acceptors (Lipinski definition) is 1. The SMILES string of the molecule is CP.c1ccc(-n2c3ccccc3c3cc(-c4cc(-c5ccc6c(c5)c5ccccc5n6-c5ccccc5)c5oc6ccccc6c5c4)ccc32)cc1. The number of fused-ring (bicyclic) bond motifs is 9. The van der Waals surface area contributed by atoms with Crippen molar-refractivity contribution in [2.24, 2.45) is 0 Å². The van der Waals surface area contributed by atoms with Crippen LogP contribution in [-0.2, 0) is 0 Å². The van der Waals surface area contributed by atoms with E-state index in [1.807, 2.05) is 12.7 Å². The minimum atomic E-state index is 0.897. The molecule has 0 aliphatic rings. The molecular formula is C49H35N2OP. The van der Waals surface area contributed by atoms with Crippen LogP contribution in [0.4, 0.5) is 0 Å². The van der Waals surface area contributed by atoms with Gasteiger partial charge in [0.05, 0.1) is 22.1 Å². The van der Waals surface area contributed by atoms with Crippen molar-refractivity contribution in [3.8, 4) is 33.6 Å². The van der Waals surface area contributed by atoms with Crippen LogP contribution in [0.2, 0.25) is 0 Å². The smallest absolute Gasteiger partial charge is 0.143 e. The number of rotatable bonds is 4. The van der Waals surface area contributed by atoms with Crippen molar-refractivity contribution in [3.05, 3.63) is 182 Å². The summed E-state index contributed by atoms with van der Waals surface area (Å²) in [4.78, 5) is 0. The average Bonchev–Trinajstić information content (AvgIpc) is 3.89. The third-order valence-corrected chi connectivity index (χ3v) is 10.5. The third kappa shape index (κ3) is 4.93. The highest BCUT2D eigenvalue weighted by Crippen LogP contribution is 2.43. The van der Waals surface area contributed by atoms with Crippen molar-refractivity contribution in [2.45, 2.75) is 0 Å². The Bertz CT molecular complexity index is 3130. The molecule has 0 spiro atoms. The van der Waals surface area contributed by atoms with Crippen molar-refractivity contribution in [1.82, 2.24) is 9.13 Å². The summed E-state index contributed by atoms with van der Waals surface area (Å²) in [7, 11) is 2.42. The number of furan rings is 1. The molecular weight excluding hydrogens is 664 g/mol. The summed E-state index contributed by atoms with van der Waals surface area (Å²) >= 11 is 0. The molecule has 0 aliphatic heterocycles. The highest BCUT2D eigenvalue weighted by Gasteiger charge is 2.19. The molecule has 0 saturated heterocycles. The van der Waals surface area contributed by atoms with E-state index in [4.69, 9.17) is 4.42 Å². The van der Waals surface area contributed by atoms with Crippen LogP contribution in [0.25, 0.3) is 99.2 Å². The highest BCUT2D eigenvalue weighted by atomic mass is 31.0. The Morgan fingerprint density at radius 3 is 1.42 bits per heavy atom. The first kappa shape index (κ1) is 31.3. The van der Waals surface area contributed by atoms with E-state index >= 15 is 0 Å². The van der Waals surface area contributed by atoms with Gasteiger partial charge in [0, 0.05) is 49.3 Å². The van der Waals surface area contributed by atoms with Crippen LogP contribution in [0.3, 0.4) is 0 Å². The lowest BCUT2D eigenvalue weighted by molar-refractivity contribution is 0.670. The van der Waals surface area contributed by atoms with Gasteiger partial charge >= 0.3 is 0 Å². The summed E-state index contributed by atoms with van der Waals surface area (Å²) in [6.45, 7) is 1.92. The highest BCUT2D eigenvalue weighted by molar-refractivity contribution is 7.15. The largest absolute Gasteiger partial charge is 0.455 e. The van der Waals surface area contributed by atoms with Gasteiger partial charge in [0.15, 0.2) is 0 Å². The predicted molar refractivity (Wildman–Crippen MR) is 229 cm³/mol. The zero-order valence-corrected chi connectivity index (χ0v) is 30.4. The van der Waals surface area contributed by atoms with E-state index in [-0.39, 0.29) is 0 Å². The monoisotopic (exact) mass is 698 g/mol. The Hall–Kier alpha value is -6.41. The number of para-hydroxylation sites is 5. The number of nitrogens with zero attached hydrogens (tertiary/aromatic N) is 2. The van der Waals surface area contributed by atoms with Crippen LogP contribution in [0.15, 0.2) is 186 Å². The van der Waals surface area contributed by atoms with Crippen molar-refractivity contribution in [1.29, 1.82) is 0 Å². The van der Waals surface area contributed by atoms with Gasteiger partial charge in [-0.2, -0.15) is 0 Å². The molecule has 3 aromatic heterocycles. The fourth-order valence-electron chi connectivity index (χ4n) is 8.21. The lowest BCUT2D eigenvalue weighted by Crippen LogP contribution is -1.93. The normalized spacial score (nSPS) is 11.6. The summed E-state index contributed by atoms with van der Waals surface area (Å²) in [5.74, 6) is 0. The lowest BCUT2D eigenvalue weighted by Gasteiger charge is -2.11. The van der Waals surface area contributed by atoms with Crippen molar-refractivity contribution >= 4 is 74.8 Å². The first-order chi connectivity index (χ1) is 26.3. The van der Waals surface area contributed by atoms with E-state index in [1.54, 1.807) is 0 Å². The van der Waals surface area contributed by atoms with E-state index in [0.717, 1.165) is 50.0 Å². The first-order valence-electron chi connectivity index (χ1n) is 18.0. The molecule has 11 aromatic rings. The van der Waals surface area contributed by atoms with Crippen molar-refractivity contribution in [2.75, 3.05) is 6.66 Å². The van der Waals surface area contributed by atoms with Gasteiger partial charge in [-0.1, -0.05) is 110 Å². The maximum absolute atomic E-state index is 6.67. The quantitative estimate of drug-likeness (QED) is 0.168. The molecule has 1 atom stereocenters. The summed E-state index contributed by atoms with van der Waals surface area (Å²) in [6.07, 6.45) is 0. The molecule has 1 unspecified atom stereocenters. The molecule has 3 nitrogen and oxygen atoms in total. The second kappa shape index (κ2) is 12.7. The van der Waals surface area contributed by atoms with Crippen molar-refractivity contribution in [3.63, 3.8) is 0 Å². The van der Waals surface area contributed by atoms with Gasteiger partial charge in [-0.3, -0.25) is 0 Å². The number of aromatic nitrogens is 2. The summed E-state index contributed by atoms with van der Waals surface area (Å²) in [6, 6.07) is 65.5. The molecule has 0 amide bonds. The Morgan fingerprint density at radius 1 is 0.358 bits per heavy atom. The molecule has 8 aromatic carbocycles. The molecule has 0 bridgehead atoms. The molecule has 3 heterocycles. The van der Waals surface area contributed by atoms with Gasteiger partial charge in [0.2, 0.25) is 0 Å². The summed E-state index contributed by atoms with van der Waals surface area (Å²) < 4.78 is 11.4. The molecule has 0 N–H and O–H groups in total. The Kier molecular flexibility index (Phi) is 7.49. The molecule has 53 heavy (non-hydrogen) atoms. The molecule has 0 aliphatic carbocycles. The number of benzene rings is 8. The van der Waals surface area contributed by atoms with Crippen molar-refractivity contribution < 1.29 is 4.42 Å². The van der Waals surface area contributed by atoms with Crippen LogP contribution in [-0.4, -0.2) is 15.8 Å². The van der Waals surface area contributed by atoms with Crippen LogP contribution < -0.4 is 0 Å². The Morgan fingerprint density at radius 2 is 0.811 bits per heavy atom. The number of hydrogen-bond donors (Lipinski definition) is 0. The van der Waals surface area contributed by atoms with E-state index in [1.165, 1.54) is 49.2 Å². The van der Waals surface area contributed by atoms with Gasteiger partial charge in [-0.15, -0.1) is 9.24 Å². The summed E-state index contributed by atoms with van der Waals surface area (Å²) in [5.41, 5.74) is 13.5. The van der Waals surface area contributed by atoms with Gasteiger partial charge in [-0.25, -0.2) is 0 Å². The lowest BCUT2D eigenvalue weighted by atomic mass is 9.94. The maximum atomic E-state index is 6.67. The van der Waals surface area contributed by atoms with Gasteiger partial charge < -0.3 is 13.6 Å². The fourth-order valence-corrected chi connectivity index (χ4v) is 8.21. The van der Waals surface area contributed by atoms with Crippen LogP contribution in [0.5, 0.6) is 0 Å². The Balaban J connectivity index is 0.00000172. The first-order valence-corrected chi connectivity index (χ1v) is 19.2. The maximum Gasteiger partial charge on any atom is 0.143 e. The molecule has 4 heteroatoms. The predicted octanol–water partition coefficient (Wildman–Crippen LogP) is 13.6. The minimum Gasteiger partial charge on any atom is -0.455 e. The van der Waals surface area contributed by atoms with Gasteiger partial charge in [-0.05, 0) is 95.6 Å². The topological polar surface area (TPSA) is 23.0 Å². The van der Waals surface area contributed by atoms with Crippen LogP contribution in [0, 0.1) is 0 Å². The fraction of sp³-hybridized carbons (Fsp3) is 0.0204. The molecule has 0 radical (unpaired) electrons. The third-order valence-electron chi connectivity index (χ3n) is 10.5. The molecule has 252 valence electrons. The van der Waals surface area contributed by atoms with Crippen LogP contribution >= 0.6 is 9.24 Å². The van der Waals surface area contributed by atoms with Crippen LogP contribution in [0.1, 0.15) is 0 Å². The second-order valence-electron chi connectivity index (χ2n) is 13.3. The molecule has 11 rings (SSSR count). The van der Waals surface area contributed by atoms with E-state index in [0.29, 0.717) is 0 Å². The van der Waals surface area contributed by atoms with E-state index in [2.05, 4.69) is 194 Å². The van der Waals surface area contributed by atoms with E-state index < -0.39 is 0 Å². The zero-order valence-electron chi connectivity index (χ0n) is 29.2. The minimum absolute atomic E-state index is 0.897. The van der Waals surface area contributed by atoms with Gasteiger partial charge in [0.25, 0.3) is 0 Å². The second-order valence-corrected chi connectivity index (χ2v) is 13.3. The van der Waals surface area contributed by atoms with Gasteiger partial charge in [0.1, 0.15) is 11.2 Å². The zero-order chi connectivity index (χ0) is 35.5. The summed E-state index contributed by atoms with van der Waals surface area (Å²) in [5, 5.41) is 7.18. The molecule has 0 fully saturated rings. The molecule has 0 saturated carbocycles. The standard InChI is InChI=1S/C48H30N2O.CH5P/c1-3-13-34(14-4-1)49-43-20-10-7-17-36(43)40-27-31(23-25-45(40)49)33-29-39(48-42(30-33)38-19-9-12-22-47(38)51-48)32-24-26-46-41(28-32)37-18-8-11-21-44(37)50(46)35-15-5-2-6-16-35;1-2/h1-30H;2H2,1H3. The Labute approximate surface area is 309 Å². The average molecular weight is 699 g/mol. The van der Waals surface area contributed by atoms with E-state index in [9.17, 15) is 0 Å².